The van der Waals surface area contributed by atoms with Gasteiger partial charge in [0, 0.05) is 17.3 Å². The summed E-state index contributed by atoms with van der Waals surface area (Å²) in [6.07, 6.45) is 0. The summed E-state index contributed by atoms with van der Waals surface area (Å²) in [4.78, 5) is 30.5. The van der Waals surface area contributed by atoms with E-state index in [9.17, 15) is 9.59 Å². The highest BCUT2D eigenvalue weighted by Crippen LogP contribution is 2.26. The number of nitrogens with one attached hydrogen (secondary N) is 1. The molecule has 4 rings (SSSR count). The standard InChI is InChI=1S/C23H20N2O5/c1-3-28-23(27)20-9-8-19(30-20)13-29-18-7-6-15-11-17(5-4-16(15)12-18)22-24-14(2)10-21(26)25-22/h4-12H,3,13H2,1-2H3,(H,24,25,26). The number of fused-ring (bicyclic) bond motifs is 1. The number of carbonyl (C=O) groups excluding carboxylic acids is 1. The van der Waals surface area contributed by atoms with Gasteiger partial charge < -0.3 is 18.9 Å². The summed E-state index contributed by atoms with van der Waals surface area (Å²) in [6, 6.07) is 16.3. The molecule has 0 bridgehead atoms. The molecule has 0 radical (unpaired) electrons. The van der Waals surface area contributed by atoms with Gasteiger partial charge in [-0.1, -0.05) is 18.2 Å². The Kier molecular flexibility index (Phi) is 5.34. The molecule has 7 heteroatoms. The Balaban J connectivity index is 1.50. The lowest BCUT2D eigenvalue weighted by Crippen LogP contribution is -2.08. The Bertz CT molecular complexity index is 1270. The van der Waals surface area contributed by atoms with Crippen molar-refractivity contribution in [3.8, 4) is 17.1 Å². The zero-order valence-electron chi connectivity index (χ0n) is 16.6. The highest BCUT2D eigenvalue weighted by Gasteiger charge is 2.12. The first-order valence-electron chi connectivity index (χ1n) is 9.52. The molecule has 2 heterocycles. The van der Waals surface area contributed by atoms with Gasteiger partial charge in [-0.25, -0.2) is 9.78 Å². The van der Waals surface area contributed by atoms with Gasteiger partial charge >= 0.3 is 5.97 Å². The monoisotopic (exact) mass is 404 g/mol. The summed E-state index contributed by atoms with van der Waals surface area (Å²) in [5.41, 5.74) is 1.33. The van der Waals surface area contributed by atoms with Gasteiger partial charge in [-0.15, -0.1) is 0 Å². The fourth-order valence-corrected chi connectivity index (χ4v) is 3.10. The van der Waals surface area contributed by atoms with Crippen molar-refractivity contribution in [1.29, 1.82) is 0 Å². The zero-order valence-corrected chi connectivity index (χ0v) is 16.6. The predicted molar refractivity (Wildman–Crippen MR) is 112 cm³/mol. The van der Waals surface area contributed by atoms with E-state index in [2.05, 4.69) is 9.97 Å². The molecule has 30 heavy (non-hydrogen) atoms. The van der Waals surface area contributed by atoms with Gasteiger partial charge in [-0.3, -0.25) is 4.79 Å². The largest absolute Gasteiger partial charge is 0.486 e. The Labute approximate surface area is 172 Å². The maximum Gasteiger partial charge on any atom is 0.374 e. The molecule has 0 unspecified atom stereocenters. The summed E-state index contributed by atoms with van der Waals surface area (Å²) in [5.74, 6) is 1.41. The van der Waals surface area contributed by atoms with Gasteiger partial charge in [0.15, 0.2) is 0 Å². The maximum atomic E-state index is 11.7. The molecule has 0 aliphatic heterocycles. The summed E-state index contributed by atoms with van der Waals surface area (Å²) in [6.45, 7) is 4.01. The molecule has 0 spiro atoms. The molecule has 7 nitrogen and oxygen atoms in total. The number of rotatable bonds is 6. The third kappa shape index (κ3) is 4.25. The first-order chi connectivity index (χ1) is 14.5. The SMILES string of the molecule is CCOC(=O)c1ccc(COc2ccc3cc(-c4nc(C)cc(=O)[nH]4)ccc3c2)o1. The van der Waals surface area contributed by atoms with Gasteiger partial charge in [-0.2, -0.15) is 0 Å². The Hall–Kier alpha value is -3.87. The minimum atomic E-state index is -0.491. The number of nitrogens with zero attached hydrogens (tertiary/aromatic N) is 1. The van der Waals surface area contributed by atoms with Crippen LogP contribution >= 0.6 is 0 Å². The van der Waals surface area contributed by atoms with Crippen molar-refractivity contribution in [3.05, 3.63) is 82.2 Å². The highest BCUT2D eigenvalue weighted by atomic mass is 16.5. The van der Waals surface area contributed by atoms with Crippen LogP contribution in [0.3, 0.4) is 0 Å². The second-order valence-electron chi connectivity index (χ2n) is 6.73. The van der Waals surface area contributed by atoms with Crippen LogP contribution in [0, 0.1) is 6.92 Å². The number of H-pyrrole nitrogens is 1. The second kappa shape index (κ2) is 8.24. The lowest BCUT2D eigenvalue weighted by molar-refractivity contribution is 0.0486. The molecule has 2 aromatic heterocycles. The van der Waals surface area contributed by atoms with Crippen molar-refractivity contribution in [3.63, 3.8) is 0 Å². The number of hydrogen-bond donors (Lipinski definition) is 1. The third-order valence-corrected chi connectivity index (χ3v) is 4.47. The fraction of sp³-hybridized carbons (Fsp3) is 0.174. The minimum absolute atomic E-state index is 0.157. The molecular formula is C23H20N2O5. The number of furan rings is 1. The van der Waals surface area contributed by atoms with Gasteiger partial charge in [0.25, 0.3) is 5.56 Å². The number of aromatic nitrogens is 2. The van der Waals surface area contributed by atoms with E-state index in [0.29, 0.717) is 29.6 Å². The van der Waals surface area contributed by atoms with Crippen LogP contribution in [0.1, 0.15) is 28.9 Å². The van der Waals surface area contributed by atoms with Gasteiger partial charge in [0.05, 0.1) is 6.61 Å². The molecule has 2 aromatic carbocycles. The Morgan fingerprint density at radius 3 is 2.67 bits per heavy atom. The van der Waals surface area contributed by atoms with Crippen LogP contribution in [0.4, 0.5) is 0 Å². The van der Waals surface area contributed by atoms with Gasteiger partial charge in [-0.05, 0) is 55.0 Å². The average Bonchev–Trinajstić information content (AvgIpc) is 3.20. The molecule has 4 aromatic rings. The first kappa shape index (κ1) is 19.4. The molecule has 0 saturated heterocycles. The van der Waals surface area contributed by atoms with Crippen molar-refractivity contribution in [2.75, 3.05) is 6.61 Å². The quantitative estimate of drug-likeness (QED) is 0.483. The van der Waals surface area contributed by atoms with Crippen molar-refractivity contribution in [2.45, 2.75) is 20.5 Å². The zero-order chi connectivity index (χ0) is 21.1. The van der Waals surface area contributed by atoms with Crippen LogP contribution in [-0.2, 0) is 11.3 Å². The molecule has 0 aliphatic rings. The van der Waals surface area contributed by atoms with E-state index < -0.39 is 5.97 Å². The average molecular weight is 404 g/mol. The molecular weight excluding hydrogens is 384 g/mol. The molecule has 0 saturated carbocycles. The molecule has 152 valence electrons. The molecule has 1 N–H and O–H groups in total. The Morgan fingerprint density at radius 2 is 1.87 bits per heavy atom. The Morgan fingerprint density at radius 1 is 1.07 bits per heavy atom. The lowest BCUT2D eigenvalue weighted by atomic mass is 10.1. The van der Waals surface area contributed by atoms with E-state index in [1.165, 1.54) is 6.07 Å². The van der Waals surface area contributed by atoms with E-state index in [-0.39, 0.29) is 17.9 Å². The van der Waals surface area contributed by atoms with Crippen LogP contribution in [0.2, 0.25) is 0 Å². The highest BCUT2D eigenvalue weighted by molar-refractivity contribution is 5.87. The molecule has 0 fully saturated rings. The number of hydrogen-bond acceptors (Lipinski definition) is 6. The summed E-state index contributed by atoms with van der Waals surface area (Å²) >= 11 is 0. The molecule has 0 amide bonds. The van der Waals surface area contributed by atoms with Crippen LogP contribution in [0.25, 0.3) is 22.2 Å². The van der Waals surface area contributed by atoms with E-state index in [0.717, 1.165) is 16.3 Å². The first-order valence-corrected chi connectivity index (χ1v) is 9.52. The minimum Gasteiger partial charge on any atom is -0.486 e. The van der Waals surface area contributed by atoms with Crippen LogP contribution in [0.5, 0.6) is 5.75 Å². The van der Waals surface area contributed by atoms with Crippen LogP contribution in [0.15, 0.2) is 63.8 Å². The van der Waals surface area contributed by atoms with Crippen molar-refractivity contribution in [1.82, 2.24) is 9.97 Å². The van der Waals surface area contributed by atoms with E-state index in [4.69, 9.17) is 13.9 Å². The number of aromatic amines is 1. The summed E-state index contributed by atoms with van der Waals surface area (Å²) in [7, 11) is 0. The van der Waals surface area contributed by atoms with E-state index in [1.54, 1.807) is 26.0 Å². The lowest BCUT2D eigenvalue weighted by Gasteiger charge is -2.08. The maximum absolute atomic E-state index is 11.7. The fourth-order valence-electron chi connectivity index (χ4n) is 3.10. The van der Waals surface area contributed by atoms with Crippen molar-refractivity contribution in [2.24, 2.45) is 0 Å². The summed E-state index contributed by atoms with van der Waals surface area (Å²) in [5, 5.41) is 1.98. The normalized spacial score (nSPS) is 10.9. The van der Waals surface area contributed by atoms with E-state index >= 15 is 0 Å². The van der Waals surface area contributed by atoms with E-state index in [1.807, 2.05) is 36.4 Å². The number of carbonyl (C=O) groups is 1. The van der Waals surface area contributed by atoms with Crippen molar-refractivity contribution >= 4 is 16.7 Å². The third-order valence-electron chi connectivity index (χ3n) is 4.47. The number of esters is 1. The number of ether oxygens (including phenoxy) is 2. The molecule has 0 atom stereocenters. The predicted octanol–water partition coefficient (Wildman–Crippen LogP) is 4.25. The molecule has 0 aliphatic carbocycles. The van der Waals surface area contributed by atoms with Crippen LogP contribution in [-0.4, -0.2) is 22.5 Å². The number of benzene rings is 2. The van der Waals surface area contributed by atoms with Crippen molar-refractivity contribution < 1.29 is 18.7 Å². The van der Waals surface area contributed by atoms with Gasteiger partial charge in [0.2, 0.25) is 5.76 Å². The smallest absolute Gasteiger partial charge is 0.374 e. The summed E-state index contributed by atoms with van der Waals surface area (Å²) < 4.78 is 16.2. The van der Waals surface area contributed by atoms with Gasteiger partial charge in [0.1, 0.15) is 23.9 Å². The van der Waals surface area contributed by atoms with Crippen LogP contribution < -0.4 is 10.3 Å². The second-order valence-corrected chi connectivity index (χ2v) is 6.73. The number of aryl methyl sites for hydroxylation is 1. The topological polar surface area (TPSA) is 94.4 Å².